The van der Waals surface area contributed by atoms with E-state index in [2.05, 4.69) is 63.7 Å². The average Bonchev–Trinajstić information content (AvgIpc) is 2.79. The van der Waals surface area contributed by atoms with Crippen LogP contribution in [0.5, 0.6) is 0 Å². The normalized spacial score (nSPS) is 30.9. The minimum atomic E-state index is 0.493. The number of fused-ring (bicyclic) bond motifs is 7. The second-order valence-corrected chi connectivity index (χ2v) is 10.0. The van der Waals surface area contributed by atoms with Crippen LogP contribution in [0.15, 0.2) is 54.1 Å². The molecule has 3 nitrogen and oxygen atoms in total. The molecule has 1 N–H and O–H groups in total. The Kier molecular flexibility index (Phi) is 4.80. The fourth-order valence-electron chi connectivity index (χ4n) is 6.72. The summed E-state index contributed by atoms with van der Waals surface area (Å²) in [7, 11) is 0. The molecule has 3 heterocycles. The predicted octanol–water partition coefficient (Wildman–Crippen LogP) is 5.43. The first-order valence-corrected chi connectivity index (χ1v) is 12.2. The lowest BCUT2D eigenvalue weighted by Crippen LogP contribution is -2.60. The molecule has 156 valence electrons. The number of rotatable bonds is 1. The Morgan fingerprint density at radius 3 is 2.87 bits per heavy atom. The quantitative estimate of drug-likeness (QED) is 0.492. The molecule has 0 aromatic heterocycles. The van der Waals surface area contributed by atoms with Crippen molar-refractivity contribution in [2.24, 2.45) is 11.8 Å². The number of benzene rings is 2. The lowest BCUT2D eigenvalue weighted by atomic mass is 9.68. The van der Waals surface area contributed by atoms with Gasteiger partial charge in [-0.25, -0.2) is 0 Å². The molecule has 3 aliphatic heterocycles. The second kappa shape index (κ2) is 7.65. The summed E-state index contributed by atoms with van der Waals surface area (Å²) in [5.74, 6) is 1.49. The highest BCUT2D eigenvalue weighted by atomic mass is 32.1. The zero-order chi connectivity index (χ0) is 20.1. The number of hydrogen-bond acceptors (Lipinski definition) is 2. The SMILES string of the molecule is S=C(Nc1cccc2ccccc12)N1CCCC2=CC3CC(CN4CCCCC34)C21. The van der Waals surface area contributed by atoms with Gasteiger partial charge in [-0.15, -0.1) is 0 Å². The number of likely N-dealkylation sites (tertiary alicyclic amines) is 1. The summed E-state index contributed by atoms with van der Waals surface area (Å²) in [6, 6.07) is 16.3. The van der Waals surface area contributed by atoms with E-state index >= 15 is 0 Å². The first kappa shape index (κ1) is 18.8. The van der Waals surface area contributed by atoms with Gasteiger partial charge < -0.3 is 10.2 Å². The van der Waals surface area contributed by atoms with E-state index in [1.165, 1.54) is 62.4 Å². The van der Waals surface area contributed by atoms with Gasteiger partial charge in [-0.05, 0) is 74.2 Å². The summed E-state index contributed by atoms with van der Waals surface area (Å²) in [5, 5.41) is 7.04. The van der Waals surface area contributed by atoms with Gasteiger partial charge in [0.1, 0.15) is 0 Å². The molecule has 0 spiro atoms. The van der Waals surface area contributed by atoms with E-state index in [4.69, 9.17) is 12.2 Å². The van der Waals surface area contributed by atoms with E-state index in [-0.39, 0.29) is 0 Å². The van der Waals surface area contributed by atoms with E-state index in [1.807, 2.05) is 0 Å². The summed E-state index contributed by atoms with van der Waals surface area (Å²) in [4.78, 5) is 5.33. The van der Waals surface area contributed by atoms with Gasteiger partial charge in [0.05, 0.1) is 6.04 Å². The van der Waals surface area contributed by atoms with Crippen molar-refractivity contribution in [2.75, 3.05) is 25.0 Å². The van der Waals surface area contributed by atoms with Gasteiger partial charge in [-0.3, -0.25) is 4.90 Å². The van der Waals surface area contributed by atoms with Crippen LogP contribution in [0, 0.1) is 11.8 Å². The molecule has 4 unspecified atom stereocenters. The van der Waals surface area contributed by atoms with Crippen molar-refractivity contribution in [3.8, 4) is 0 Å². The van der Waals surface area contributed by atoms with Crippen molar-refractivity contribution >= 4 is 33.8 Å². The zero-order valence-corrected chi connectivity index (χ0v) is 18.4. The molecule has 1 aliphatic carbocycles. The third-order valence-electron chi connectivity index (χ3n) is 7.95. The Morgan fingerprint density at radius 2 is 1.90 bits per heavy atom. The third kappa shape index (κ3) is 3.16. The summed E-state index contributed by atoms with van der Waals surface area (Å²) >= 11 is 6.02. The first-order chi connectivity index (χ1) is 14.8. The van der Waals surface area contributed by atoms with Crippen LogP contribution in [0.3, 0.4) is 0 Å². The predicted molar refractivity (Wildman–Crippen MR) is 129 cm³/mol. The Morgan fingerprint density at radius 1 is 1.00 bits per heavy atom. The minimum Gasteiger partial charge on any atom is -0.342 e. The molecule has 0 saturated carbocycles. The highest BCUT2D eigenvalue weighted by molar-refractivity contribution is 7.80. The maximum Gasteiger partial charge on any atom is 0.173 e. The molecule has 2 aromatic rings. The van der Waals surface area contributed by atoms with E-state index in [0.29, 0.717) is 6.04 Å². The van der Waals surface area contributed by atoms with Crippen molar-refractivity contribution in [1.82, 2.24) is 9.80 Å². The van der Waals surface area contributed by atoms with Gasteiger partial charge in [0.2, 0.25) is 0 Å². The highest BCUT2D eigenvalue weighted by Crippen LogP contribution is 2.45. The van der Waals surface area contributed by atoms with Crippen LogP contribution >= 0.6 is 12.2 Å². The molecule has 4 heteroatoms. The molecule has 0 radical (unpaired) electrons. The smallest absolute Gasteiger partial charge is 0.173 e. The van der Waals surface area contributed by atoms with Crippen LogP contribution in [0.1, 0.15) is 38.5 Å². The molecule has 3 saturated heterocycles. The van der Waals surface area contributed by atoms with Crippen molar-refractivity contribution in [3.63, 3.8) is 0 Å². The maximum absolute atomic E-state index is 6.02. The zero-order valence-electron chi connectivity index (χ0n) is 17.6. The van der Waals surface area contributed by atoms with Crippen molar-refractivity contribution in [3.05, 3.63) is 54.1 Å². The minimum absolute atomic E-state index is 0.493. The van der Waals surface area contributed by atoms with Crippen LogP contribution < -0.4 is 5.32 Å². The van der Waals surface area contributed by atoms with E-state index in [9.17, 15) is 0 Å². The number of piperidine rings is 3. The van der Waals surface area contributed by atoms with Crippen molar-refractivity contribution < 1.29 is 0 Å². The van der Waals surface area contributed by atoms with Gasteiger partial charge in [0, 0.05) is 30.2 Å². The van der Waals surface area contributed by atoms with E-state index in [1.54, 1.807) is 5.57 Å². The monoisotopic (exact) mass is 417 g/mol. The Balaban J connectivity index is 1.28. The molecule has 30 heavy (non-hydrogen) atoms. The van der Waals surface area contributed by atoms with Gasteiger partial charge in [-0.2, -0.15) is 0 Å². The van der Waals surface area contributed by atoms with Crippen LogP contribution in [0.25, 0.3) is 10.8 Å². The molecule has 4 atom stereocenters. The summed E-state index contributed by atoms with van der Waals surface area (Å²) in [6.45, 7) is 3.63. The topological polar surface area (TPSA) is 18.5 Å². The molecule has 0 amide bonds. The highest BCUT2D eigenvalue weighted by Gasteiger charge is 2.46. The third-order valence-corrected chi connectivity index (χ3v) is 8.29. The number of nitrogens with zero attached hydrogens (tertiary/aromatic N) is 2. The Hall–Kier alpha value is -1.91. The fraction of sp³-hybridized carbons (Fsp3) is 0.500. The summed E-state index contributed by atoms with van der Waals surface area (Å²) in [5.41, 5.74) is 2.80. The number of hydrogen-bond donors (Lipinski definition) is 1. The van der Waals surface area contributed by atoms with Gasteiger partial charge in [0.15, 0.2) is 5.11 Å². The molecule has 4 aliphatic rings. The van der Waals surface area contributed by atoms with Crippen molar-refractivity contribution in [2.45, 2.75) is 50.6 Å². The standard InChI is InChI=1S/C26H31N3S/c30-26(27-23-11-5-8-18-7-1-2-10-22(18)23)29-14-6-9-19-15-20-16-21(25(19)29)17-28-13-4-3-12-24(20)28/h1-2,5,7-8,10-11,15,20-21,24-25H,3-4,6,9,12-14,16-17H2,(H,27,30). The number of thiocarbonyl (C=S) groups is 1. The molecule has 2 aromatic carbocycles. The summed E-state index contributed by atoms with van der Waals surface area (Å²) in [6.07, 6.45) is 10.7. The van der Waals surface area contributed by atoms with Crippen LogP contribution in [-0.4, -0.2) is 46.6 Å². The Labute approximate surface area is 185 Å². The van der Waals surface area contributed by atoms with Crippen LogP contribution in [-0.2, 0) is 0 Å². The van der Waals surface area contributed by atoms with Crippen LogP contribution in [0.2, 0.25) is 0 Å². The number of nitrogens with one attached hydrogen (secondary N) is 1. The Bertz CT molecular complexity index is 993. The molecule has 2 bridgehead atoms. The second-order valence-electron chi connectivity index (χ2n) is 9.66. The number of anilines is 1. The van der Waals surface area contributed by atoms with Crippen molar-refractivity contribution in [1.29, 1.82) is 0 Å². The largest absolute Gasteiger partial charge is 0.342 e. The van der Waals surface area contributed by atoms with E-state index < -0.39 is 0 Å². The van der Waals surface area contributed by atoms with E-state index in [0.717, 1.165) is 35.2 Å². The molecular formula is C26H31N3S. The fourth-order valence-corrected chi connectivity index (χ4v) is 7.04. The first-order valence-electron chi connectivity index (χ1n) is 11.8. The lowest BCUT2D eigenvalue weighted by Gasteiger charge is -2.55. The average molecular weight is 418 g/mol. The summed E-state index contributed by atoms with van der Waals surface area (Å²) < 4.78 is 0. The maximum atomic E-state index is 6.02. The van der Waals surface area contributed by atoms with Gasteiger partial charge >= 0.3 is 0 Å². The molecular weight excluding hydrogens is 386 g/mol. The van der Waals surface area contributed by atoms with Crippen LogP contribution in [0.4, 0.5) is 5.69 Å². The van der Waals surface area contributed by atoms with Gasteiger partial charge in [-0.1, -0.05) is 54.5 Å². The molecule has 3 fully saturated rings. The van der Waals surface area contributed by atoms with Gasteiger partial charge in [0.25, 0.3) is 0 Å². The molecule has 6 rings (SSSR count). The lowest BCUT2D eigenvalue weighted by molar-refractivity contribution is 0.0132.